The van der Waals surface area contributed by atoms with Crippen LogP contribution in [0.25, 0.3) is 10.8 Å². The number of anilines is 2. The monoisotopic (exact) mass is 330 g/mol. The fourth-order valence-electron chi connectivity index (χ4n) is 2.28. The molecule has 0 aliphatic heterocycles. The van der Waals surface area contributed by atoms with Crippen LogP contribution in [0.15, 0.2) is 59.5 Å². The first-order chi connectivity index (χ1) is 10.8. The van der Waals surface area contributed by atoms with Crippen molar-refractivity contribution in [2.75, 3.05) is 5.32 Å². The van der Waals surface area contributed by atoms with Crippen molar-refractivity contribution >= 4 is 32.2 Å². The first-order valence-corrected chi connectivity index (χ1v) is 8.24. The van der Waals surface area contributed by atoms with Gasteiger partial charge < -0.3 is 15.5 Å². The number of benzene rings is 3. The van der Waals surface area contributed by atoms with Crippen molar-refractivity contribution in [3.63, 3.8) is 0 Å². The summed E-state index contributed by atoms with van der Waals surface area (Å²) in [6, 6.07) is 14.4. The number of sulfonamides is 1. The molecule has 0 atom stereocenters. The van der Waals surface area contributed by atoms with Gasteiger partial charge in [0.15, 0.2) is 0 Å². The van der Waals surface area contributed by atoms with Gasteiger partial charge in [0.1, 0.15) is 11.5 Å². The standard InChI is InChI=1S/C16H14N2O4S/c17-23(21,22)12-6-7-14(16(20)9-12)18-11-5-4-10-2-1-3-15(19)13(10)8-11/h1-9,18-20H,(H2,17,21,22). The smallest absolute Gasteiger partial charge is 0.238 e. The molecule has 7 heteroatoms. The molecule has 0 spiro atoms. The highest BCUT2D eigenvalue weighted by Crippen LogP contribution is 2.32. The van der Waals surface area contributed by atoms with Crippen molar-refractivity contribution in [3.8, 4) is 11.5 Å². The molecule has 0 bridgehead atoms. The molecule has 3 rings (SSSR count). The number of aromatic hydroxyl groups is 2. The first kappa shape index (κ1) is 15.1. The van der Waals surface area contributed by atoms with Gasteiger partial charge >= 0.3 is 0 Å². The molecule has 23 heavy (non-hydrogen) atoms. The van der Waals surface area contributed by atoms with Crippen LogP contribution in [0.1, 0.15) is 0 Å². The van der Waals surface area contributed by atoms with Crippen molar-refractivity contribution in [2.45, 2.75) is 4.90 Å². The topological polar surface area (TPSA) is 113 Å². The van der Waals surface area contributed by atoms with Crippen molar-refractivity contribution < 1.29 is 18.6 Å². The van der Waals surface area contributed by atoms with Crippen molar-refractivity contribution in [1.29, 1.82) is 0 Å². The minimum absolute atomic E-state index is 0.153. The summed E-state index contributed by atoms with van der Waals surface area (Å²) >= 11 is 0. The molecule has 0 aliphatic rings. The van der Waals surface area contributed by atoms with Gasteiger partial charge in [-0.3, -0.25) is 0 Å². The molecule has 0 radical (unpaired) electrons. The van der Waals surface area contributed by atoms with Gasteiger partial charge in [0, 0.05) is 17.1 Å². The third kappa shape index (κ3) is 3.05. The predicted octanol–water partition coefficient (Wildman–Crippen LogP) is 2.64. The van der Waals surface area contributed by atoms with E-state index in [2.05, 4.69) is 5.32 Å². The summed E-state index contributed by atoms with van der Waals surface area (Å²) in [4.78, 5) is -0.170. The summed E-state index contributed by atoms with van der Waals surface area (Å²) in [5.41, 5.74) is 0.963. The SMILES string of the molecule is NS(=O)(=O)c1ccc(Nc2ccc3cccc(O)c3c2)c(O)c1. The first-order valence-electron chi connectivity index (χ1n) is 6.69. The van der Waals surface area contributed by atoms with Gasteiger partial charge in [0.25, 0.3) is 0 Å². The number of hydrogen-bond acceptors (Lipinski definition) is 5. The van der Waals surface area contributed by atoms with E-state index >= 15 is 0 Å². The summed E-state index contributed by atoms with van der Waals surface area (Å²) in [5.74, 6) is -0.0890. The Balaban J connectivity index is 1.98. The minimum atomic E-state index is -3.87. The fourth-order valence-corrected chi connectivity index (χ4v) is 2.82. The highest BCUT2D eigenvalue weighted by atomic mass is 32.2. The van der Waals surface area contributed by atoms with E-state index < -0.39 is 10.0 Å². The zero-order chi connectivity index (χ0) is 16.6. The van der Waals surface area contributed by atoms with Gasteiger partial charge in [0.05, 0.1) is 10.6 Å². The lowest BCUT2D eigenvalue weighted by molar-refractivity contribution is 0.475. The Morgan fingerprint density at radius 3 is 2.39 bits per heavy atom. The Kier molecular flexibility index (Phi) is 3.59. The lowest BCUT2D eigenvalue weighted by atomic mass is 10.1. The second-order valence-corrected chi connectivity index (χ2v) is 6.62. The zero-order valence-electron chi connectivity index (χ0n) is 11.9. The van der Waals surface area contributed by atoms with Crippen LogP contribution in [-0.2, 0) is 10.0 Å². The molecule has 0 saturated carbocycles. The van der Waals surface area contributed by atoms with Crippen molar-refractivity contribution in [1.82, 2.24) is 0 Å². The molecule has 3 aromatic carbocycles. The largest absolute Gasteiger partial charge is 0.507 e. The maximum Gasteiger partial charge on any atom is 0.238 e. The highest BCUT2D eigenvalue weighted by Gasteiger charge is 2.11. The van der Waals surface area contributed by atoms with E-state index in [4.69, 9.17) is 5.14 Å². The molecule has 0 amide bonds. The van der Waals surface area contributed by atoms with E-state index in [0.29, 0.717) is 16.8 Å². The van der Waals surface area contributed by atoms with E-state index in [1.807, 2.05) is 12.1 Å². The van der Waals surface area contributed by atoms with E-state index in [9.17, 15) is 18.6 Å². The molecule has 3 aromatic rings. The predicted molar refractivity (Wildman–Crippen MR) is 88.4 cm³/mol. The zero-order valence-corrected chi connectivity index (χ0v) is 12.7. The summed E-state index contributed by atoms with van der Waals surface area (Å²) in [6.07, 6.45) is 0. The van der Waals surface area contributed by atoms with Crippen LogP contribution in [0.2, 0.25) is 0 Å². The number of hydrogen-bond donors (Lipinski definition) is 4. The van der Waals surface area contributed by atoms with Crippen LogP contribution >= 0.6 is 0 Å². The third-order valence-electron chi connectivity index (χ3n) is 3.44. The number of fused-ring (bicyclic) bond motifs is 1. The average Bonchev–Trinajstić information content (AvgIpc) is 2.49. The molecular weight excluding hydrogens is 316 g/mol. The quantitative estimate of drug-likeness (QED) is 0.551. The molecule has 0 saturated heterocycles. The average molecular weight is 330 g/mol. The molecule has 5 N–H and O–H groups in total. The van der Waals surface area contributed by atoms with Crippen LogP contribution in [0.5, 0.6) is 11.5 Å². The Morgan fingerprint density at radius 2 is 1.70 bits per heavy atom. The number of primary sulfonamides is 1. The summed E-state index contributed by atoms with van der Waals surface area (Å²) in [7, 11) is -3.87. The Hall–Kier alpha value is -2.77. The minimum Gasteiger partial charge on any atom is -0.507 e. The van der Waals surface area contributed by atoms with Gasteiger partial charge in [0.2, 0.25) is 10.0 Å². The van der Waals surface area contributed by atoms with Gasteiger partial charge in [-0.25, -0.2) is 13.6 Å². The van der Waals surface area contributed by atoms with Crippen LogP contribution in [0, 0.1) is 0 Å². The maximum atomic E-state index is 11.3. The second kappa shape index (κ2) is 5.45. The van der Waals surface area contributed by atoms with E-state index in [1.54, 1.807) is 24.3 Å². The number of rotatable bonds is 3. The molecular formula is C16H14N2O4S. The van der Waals surface area contributed by atoms with Crippen LogP contribution in [-0.4, -0.2) is 18.6 Å². The second-order valence-electron chi connectivity index (χ2n) is 5.06. The van der Waals surface area contributed by atoms with Crippen molar-refractivity contribution in [3.05, 3.63) is 54.6 Å². The number of nitrogens with two attached hydrogens (primary N) is 1. The Labute approximate surface area is 132 Å². The number of phenols is 2. The fraction of sp³-hybridized carbons (Fsp3) is 0. The summed E-state index contributed by atoms with van der Waals surface area (Å²) in [6.45, 7) is 0. The van der Waals surface area contributed by atoms with Crippen LogP contribution in [0.3, 0.4) is 0 Å². The van der Waals surface area contributed by atoms with Crippen LogP contribution in [0.4, 0.5) is 11.4 Å². The van der Waals surface area contributed by atoms with E-state index in [1.165, 1.54) is 12.1 Å². The third-order valence-corrected chi connectivity index (χ3v) is 4.35. The number of nitrogens with one attached hydrogen (secondary N) is 1. The van der Waals surface area contributed by atoms with Gasteiger partial charge in [-0.2, -0.15) is 0 Å². The number of phenolic OH excluding ortho intramolecular Hbond substituents is 2. The molecule has 0 aromatic heterocycles. The van der Waals surface area contributed by atoms with E-state index in [0.717, 1.165) is 11.5 Å². The molecule has 6 nitrogen and oxygen atoms in total. The van der Waals surface area contributed by atoms with Crippen molar-refractivity contribution in [2.24, 2.45) is 5.14 Å². The summed E-state index contributed by atoms with van der Waals surface area (Å²) < 4.78 is 22.5. The van der Waals surface area contributed by atoms with Gasteiger partial charge in [-0.05, 0) is 35.7 Å². The highest BCUT2D eigenvalue weighted by molar-refractivity contribution is 7.89. The Bertz CT molecular complexity index is 1000. The molecule has 0 unspecified atom stereocenters. The van der Waals surface area contributed by atoms with Gasteiger partial charge in [-0.1, -0.05) is 18.2 Å². The Morgan fingerprint density at radius 1 is 0.913 bits per heavy atom. The summed E-state index contributed by atoms with van der Waals surface area (Å²) in [5, 5.41) is 29.4. The molecule has 0 aliphatic carbocycles. The lowest BCUT2D eigenvalue weighted by Crippen LogP contribution is -2.11. The van der Waals surface area contributed by atoms with Gasteiger partial charge in [-0.15, -0.1) is 0 Å². The lowest BCUT2D eigenvalue weighted by Gasteiger charge is -2.11. The van der Waals surface area contributed by atoms with Crippen LogP contribution < -0.4 is 10.5 Å². The normalized spacial score (nSPS) is 11.5. The molecule has 0 fully saturated rings. The maximum absolute atomic E-state index is 11.3. The van der Waals surface area contributed by atoms with E-state index in [-0.39, 0.29) is 16.4 Å². The molecule has 118 valence electrons. The molecule has 0 heterocycles.